The second-order valence-electron chi connectivity index (χ2n) is 5.54. The van der Waals surface area contributed by atoms with Crippen LogP contribution >= 0.6 is 11.6 Å². The number of ether oxygens (including phenoxy) is 1. The molecule has 3 rings (SSSR count). The van der Waals surface area contributed by atoms with Crippen LogP contribution < -0.4 is 10.2 Å². The van der Waals surface area contributed by atoms with E-state index in [1.165, 1.54) is 5.56 Å². The SMILES string of the molecule is C[C@@H](NC(=O)N1CCc2ccc(Cl)cc21)[C@@H]1CCOC1. The summed E-state index contributed by atoms with van der Waals surface area (Å²) in [6, 6.07) is 5.84. The van der Waals surface area contributed by atoms with E-state index >= 15 is 0 Å². The monoisotopic (exact) mass is 294 g/mol. The predicted molar refractivity (Wildman–Crippen MR) is 79.4 cm³/mol. The van der Waals surface area contributed by atoms with Gasteiger partial charge in [-0.05, 0) is 37.5 Å². The first-order valence-electron chi connectivity index (χ1n) is 7.09. The number of hydrogen-bond acceptors (Lipinski definition) is 2. The Bertz CT molecular complexity index is 515. The first-order chi connectivity index (χ1) is 9.65. The highest BCUT2D eigenvalue weighted by atomic mass is 35.5. The molecule has 2 atom stereocenters. The van der Waals surface area contributed by atoms with Crippen LogP contribution in [0.2, 0.25) is 5.02 Å². The maximum absolute atomic E-state index is 12.4. The first-order valence-corrected chi connectivity index (χ1v) is 7.47. The molecule has 0 unspecified atom stereocenters. The second-order valence-corrected chi connectivity index (χ2v) is 5.97. The molecule has 0 bridgehead atoms. The summed E-state index contributed by atoms with van der Waals surface area (Å²) in [5, 5.41) is 3.76. The van der Waals surface area contributed by atoms with Gasteiger partial charge in [0.25, 0.3) is 0 Å². The summed E-state index contributed by atoms with van der Waals surface area (Å²) < 4.78 is 5.37. The summed E-state index contributed by atoms with van der Waals surface area (Å²) in [6.45, 7) is 4.30. The van der Waals surface area contributed by atoms with Gasteiger partial charge in [0.2, 0.25) is 0 Å². The molecule has 1 saturated heterocycles. The topological polar surface area (TPSA) is 41.6 Å². The Morgan fingerprint density at radius 2 is 2.40 bits per heavy atom. The molecule has 20 heavy (non-hydrogen) atoms. The molecule has 108 valence electrons. The van der Waals surface area contributed by atoms with Gasteiger partial charge >= 0.3 is 6.03 Å². The molecule has 5 heteroatoms. The number of rotatable bonds is 2. The molecule has 4 nitrogen and oxygen atoms in total. The lowest BCUT2D eigenvalue weighted by molar-refractivity contribution is 0.178. The summed E-state index contributed by atoms with van der Waals surface area (Å²) in [7, 11) is 0. The fourth-order valence-electron chi connectivity index (χ4n) is 2.90. The van der Waals surface area contributed by atoms with E-state index in [1.807, 2.05) is 25.1 Å². The maximum atomic E-state index is 12.4. The van der Waals surface area contributed by atoms with E-state index in [0.29, 0.717) is 10.9 Å². The van der Waals surface area contributed by atoms with Crippen molar-refractivity contribution in [2.45, 2.75) is 25.8 Å². The quantitative estimate of drug-likeness (QED) is 0.911. The minimum Gasteiger partial charge on any atom is -0.381 e. The molecule has 2 amide bonds. The zero-order valence-electron chi connectivity index (χ0n) is 11.6. The fourth-order valence-corrected chi connectivity index (χ4v) is 3.07. The van der Waals surface area contributed by atoms with Crippen molar-refractivity contribution in [2.75, 3.05) is 24.7 Å². The average Bonchev–Trinajstić information content (AvgIpc) is 3.07. The summed E-state index contributed by atoms with van der Waals surface area (Å²) in [5.41, 5.74) is 2.12. The fraction of sp³-hybridized carbons (Fsp3) is 0.533. The van der Waals surface area contributed by atoms with E-state index in [-0.39, 0.29) is 12.1 Å². The maximum Gasteiger partial charge on any atom is 0.322 e. The Hall–Kier alpha value is -1.26. The summed E-state index contributed by atoms with van der Waals surface area (Å²) in [5.74, 6) is 0.417. The third-order valence-corrected chi connectivity index (χ3v) is 4.45. The van der Waals surface area contributed by atoms with Crippen LogP contribution in [0.5, 0.6) is 0 Å². The smallest absolute Gasteiger partial charge is 0.322 e. The van der Waals surface area contributed by atoms with E-state index in [1.54, 1.807) is 4.90 Å². The van der Waals surface area contributed by atoms with E-state index < -0.39 is 0 Å². The summed E-state index contributed by atoms with van der Waals surface area (Å²) in [4.78, 5) is 14.2. The summed E-state index contributed by atoms with van der Waals surface area (Å²) >= 11 is 6.03. The van der Waals surface area contributed by atoms with Gasteiger partial charge in [-0.15, -0.1) is 0 Å². The van der Waals surface area contributed by atoms with Crippen molar-refractivity contribution in [3.8, 4) is 0 Å². The van der Waals surface area contributed by atoms with Gasteiger partial charge in [0.05, 0.1) is 12.3 Å². The minimum atomic E-state index is -0.0367. The molecule has 1 aromatic carbocycles. The van der Waals surface area contributed by atoms with Gasteiger partial charge in [-0.1, -0.05) is 17.7 Å². The highest BCUT2D eigenvalue weighted by Gasteiger charge is 2.28. The van der Waals surface area contributed by atoms with Crippen LogP contribution in [0.4, 0.5) is 10.5 Å². The third-order valence-electron chi connectivity index (χ3n) is 4.21. The highest BCUT2D eigenvalue weighted by molar-refractivity contribution is 6.31. The number of halogens is 1. The Morgan fingerprint density at radius 1 is 1.55 bits per heavy atom. The van der Waals surface area contributed by atoms with Crippen molar-refractivity contribution in [2.24, 2.45) is 5.92 Å². The predicted octanol–water partition coefficient (Wildman–Crippen LogP) is 2.84. The van der Waals surface area contributed by atoms with Crippen molar-refractivity contribution in [1.82, 2.24) is 5.32 Å². The van der Waals surface area contributed by atoms with E-state index in [0.717, 1.165) is 38.3 Å². The lowest BCUT2D eigenvalue weighted by Crippen LogP contribution is -2.46. The minimum absolute atomic E-state index is 0.0367. The summed E-state index contributed by atoms with van der Waals surface area (Å²) in [6.07, 6.45) is 1.91. The largest absolute Gasteiger partial charge is 0.381 e. The van der Waals surface area contributed by atoms with Crippen molar-refractivity contribution in [3.05, 3.63) is 28.8 Å². The van der Waals surface area contributed by atoms with Crippen molar-refractivity contribution < 1.29 is 9.53 Å². The lowest BCUT2D eigenvalue weighted by Gasteiger charge is -2.24. The zero-order chi connectivity index (χ0) is 14.1. The standard InChI is InChI=1S/C15H19ClN2O2/c1-10(12-5-7-20-9-12)17-15(19)18-6-4-11-2-3-13(16)8-14(11)18/h2-3,8,10,12H,4-7,9H2,1H3,(H,17,19)/t10-,12-/m1/s1. The lowest BCUT2D eigenvalue weighted by atomic mass is 10.0. The molecule has 0 radical (unpaired) electrons. The number of benzene rings is 1. The number of carbonyl (C=O) groups excluding carboxylic acids is 1. The van der Waals surface area contributed by atoms with Crippen LogP contribution in [0.1, 0.15) is 18.9 Å². The molecule has 2 aliphatic rings. The van der Waals surface area contributed by atoms with Gasteiger partial charge in [0, 0.05) is 30.1 Å². The number of urea groups is 1. The van der Waals surface area contributed by atoms with E-state index in [2.05, 4.69) is 5.32 Å². The first kappa shape index (κ1) is 13.7. The number of carbonyl (C=O) groups is 1. The molecule has 2 aliphatic heterocycles. The van der Waals surface area contributed by atoms with Crippen molar-refractivity contribution in [3.63, 3.8) is 0 Å². The van der Waals surface area contributed by atoms with Crippen LogP contribution in [0.25, 0.3) is 0 Å². The molecule has 1 N–H and O–H groups in total. The Labute approximate surface area is 124 Å². The second kappa shape index (κ2) is 5.62. The van der Waals surface area contributed by atoms with Gasteiger partial charge in [0.15, 0.2) is 0 Å². The van der Waals surface area contributed by atoms with Crippen LogP contribution in [0.3, 0.4) is 0 Å². The van der Waals surface area contributed by atoms with Crippen LogP contribution in [0, 0.1) is 5.92 Å². The van der Waals surface area contributed by atoms with Crippen LogP contribution in [-0.2, 0) is 11.2 Å². The van der Waals surface area contributed by atoms with Gasteiger partial charge in [-0.2, -0.15) is 0 Å². The van der Waals surface area contributed by atoms with Crippen LogP contribution in [-0.4, -0.2) is 31.8 Å². The Morgan fingerprint density at radius 3 is 3.15 bits per heavy atom. The normalized spacial score (nSPS) is 22.7. The Balaban J connectivity index is 1.68. The number of nitrogens with one attached hydrogen (secondary N) is 1. The zero-order valence-corrected chi connectivity index (χ0v) is 12.3. The number of fused-ring (bicyclic) bond motifs is 1. The molecule has 0 spiro atoms. The molecule has 2 heterocycles. The Kier molecular flexibility index (Phi) is 3.85. The molecular weight excluding hydrogens is 276 g/mol. The molecule has 0 aliphatic carbocycles. The van der Waals surface area contributed by atoms with Gasteiger partial charge in [0.1, 0.15) is 0 Å². The molecule has 1 aromatic rings. The van der Waals surface area contributed by atoms with Gasteiger partial charge in [-0.25, -0.2) is 4.79 Å². The third kappa shape index (κ3) is 2.63. The van der Waals surface area contributed by atoms with Gasteiger partial charge < -0.3 is 10.1 Å². The number of anilines is 1. The number of amides is 2. The van der Waals surface area contributed by atoms with Crippen LogP contribution in [0.15, 0.2) is 18.2 Å². The number of nitrogens with zero attached hydrogens (tertiary/aromatic N) is 1. The molecular formula is C15H19ClN2O2. The van der Waals surface area contributed by atoms with Gasteiger partial charge in [-0.3, -0.25) is 4.90 Å². The van der Waals surface area contributed by atoms with Crippen molar-refractivity contribution in [1.29, 1.82) is 0 Å². The number of hydrogen-bond donors (Lipinski definition) is 1. The van der Waals surface area contributed by atoms with Crippen molar-refractivity contribution >= 4 is 23.3 Å². The average molecular weight is 295 g/mol. The molecule has 0 saturated carbocycles. The van der Waals surface area contributed by atoms with E-state index in [9.17, 15) is 4.79 Å². The molecule has 1 fully saturated rings. The van der Waals surface area contributed by atoms with E-state index in [4.69, 9.17) is 16.3 Å². The highest BCUT2D eigenvalue weighted by Crippen LogP contribution is 2.30. The molecule has 0 aromatic heterocycles.